The molecule has 6 aromatic carbocycles. The predicted octanol–water partition coefficient (Wildman–Crippen LogP) is 10.7. The third-order valence-electron chi connectivity index (χ3n) is 9.37. The van der Waals surface area contributed by atoms with Crippen LogP contribution in [0, 0.1) is 0 Å². The SMILES string of the molecule is CC1(C)c2ccccc2-c2ccc(N(c3ccc4ccccc4c3)c3ccc4ccccc4c3)cc2C1(C)C. The van der Waals surface area contributed by atoms with Gasteiger partial charge in [0.2, 0.25) is 0 Å². The van der Waals surface area contributed by atoms with Crippen molar-refractivity contribution in [2.75, 3.05) is 4.90 Å². The second-order valence-corrected chi connectivity index (χ2v) is 11.9. The molecule has 0 radical (unpaired) electrons. The molecule has 0 spiro atoms. The van der Waals surface area contributed by atoms with Crippen LogP contribution in [0.3, 0.4) is 0 Å². The third-order valence-corrected chi connectivity index (χ3v) is 9.37. The minimum Gasteiger partial charge on any atom is -0.310 e. The summed E-state index contributed by atoms with van der Waals surface area (Å²) in [6.07, 6.45) is 0. The fraction of sp³-hybridized carbons (Fsp3) is 0.158. The van der Waals surface area contributed by atoms with Crippen LogP contribution >= 0.6 is 0 Å². The lowest BCUT2D eigenvalue weighted by molar-refractivity contribution is 0.299. The van der Waals surface area contributed by atoms with Gasteiger partial charge in [-0.15, -0.1) is 0 Å². The monoisotopic (exact) mass is 503 g/mol. The van der Waals surface area contributed by atoms with E-state index < -0.39 is 0 Å². The fourth-order valence-electron chi connectivity index (χ4n) is 6.44. The summed E-state index contributed by atoms with van der Waals surface area (Å²) in [6, 6.07) is 46.8. The van der Waals surface area contributed by atoms with Crippen LogP contribution in [0.25, 0.3) is 32.7 Å². The van der Waals surface area contributed by atoms with Gasteiger partial charge in [-0.3, -0.25) is 0 Å². The topological polar surface area (TPSA) is 3.24 Å². The van der Waals surface area contributed by atoms with E-state index in [9.17, 15) is 0 Å². The van der Waals surface area contributed by atoms with Crippen LogP contribution in [0.4, 0.5) is 17.1 Å². The minimum absolute atomic E-state index is 0.00799. The first-order valence-corrected chi connectivity index (χ1v) is 13.9. The molecule has 0 aliphatic heterocycles. The van der Waals surface area contributed by atoms with Crippen molar-refractivity contribution in [3.8, 4) is 11.1 Å². The Kier molecular flexibility index (Phi) is 5.22. The standard InChI is InChI=1S/C38H33N/c1-37(2)35-16-10-9-15-33(35)34-22-21-32(25-36(34)38(37,3)4)39(30-19-17-26-11-5-7-13-28(26)23-30)31-20-18-27-12-6-8-14-29(27)24-31/h5-25H,1-4H3. The van der Waals surface area contributed by atoms with Gasteiger partial charge in [0.25, 0.3) is 0 Å². The van der Waals surface area contributed by atoms with E-state index in [1.54, 1.807) is 0 Å². The van der Waals surface area contributed by atoms with Crippen molar-refractivity contribution in [3.63, 3.8) is 0 Å². The lowest BCUT2D eigenvalue weighted by Crippen LogP contribution is -2.43. The zero-order chi connectivity index (χ0) is 26.8. The third kappa shape index (κ3) is 3.61. The summed E-state index contributed by atoms with van der Waals surface area (Å²) in [6.45, 7) is 9.60. The van der Waals surface area contributed by atoms with E-state index in [2.05, 4.69) is 160 Å². The number of rotatable bonds is 3. The largest absolute Gasteiger partial charge is 0.310 e. The summed E-state index contributed by atoms with van der Waals surface area (Å²) < 4.78 is 0. The van der Waals surface area contributed by atoms with Crippen molar-refractivity contribution in [2.45, 2.75) is 38.5 Å². The Morgan fingerprint density at radius 2 is 0.821 bits per heavy atom. The molecular formula is C38H33N. The van der Waals surface area contributed by atoms with Gasteiger partial charge in [-0.2, -0.15) is 0 Å². The molecule has 1 aliphatic rings. The van der Waals surface area contributed by atoms with Gasteiger partial charge in [-0.05, 0) is 91.0 Å². The van der Waals surface area contributed by atoms with Crippen molar-refractivity contribution in [3.05, 3.63) is 139 Å². The highest BCUT2D eigenvalue weighted by atomic mass is 15.1. The van der Waals surface area contributed by atoms with Gasteiger partial charge in [0.05, 0.1) is 0 Å². The Balaban J connectivity index is 1.48. The van der Waals surface area contributed by atoms with Gasteiger partial charge in [-0.1, -0.05) is 119 Å². The average Bonchev–Trinajstić information content (AvgIpc) is 2.96. The van der Waals surface area contributed by atoms with Crippen LogP contribution in [0.15, 0.2) is 127 Å². The fourth-order valence-corrected chi connectivity index (χ4v) is 6.44. The van der Waals surface area contributed by atoms with E-state index in [0.717, 1.165) is 11.4 Å². The van der Waals surface area contributed by atoms with Gasteiger partial charge in [0.15, 0.2) is 0 Å². The Morgan fingerprint density at radius 1 is 0.385 bits per heavy atom. The molecule has 1 aliphatic carbocycles. The lowest BCUT2D eigenvalue weighted by Gasteiger charge is -2.48. The van der Waals surface area contributed by atoms with E-state index >= 15 is 0 Å². The molecule has 0 fully saturated rings. The average molecular weight is 504 g/mol. The zero-order valence-corrected chi connectivity index (χ0v) is 23.1. The molecule has 1 heteroatoms. The van der Waals surface area contributed by atoms with Crippen LogP contribution in [-0.2, 0) is 10.8 Å². The van der Waals surface area contributed by atoms with Gasteiger partial charge >= 0.3 is 0 Å². The second-order valence-electron chi connectivity index (χ2n) is 11.9. The van der Waals surface area contributed by atoms with Crippen LogP contribution < -0.4 is 4.90 Å². The molecule has 0 saturated carbocycles. The van der Waals surface area contributed by atoms with E-state index in [0.29, 0.717) is 0 Å². The van der Waals surface area contributed by atoms with Gasteiger partial charge in [0.1, 0.15) is 0 Å². The van der Waals surface area contributed by atoms with Crippen LogP contribution in [0.2, 0.25) is 0 Å². The maximum absolute atomic E-state index is 2.44. The summed E-state index contributed by atoms with van der Waals surface area (Å²) in [5, 5.41) is 5.00. The number of hydrogen-bond acceptors (Lipinski definition) is 1. The van der Waals surface area contributed by atoms with Crippen molar-refractivity contribution < 1.29 is 0 Å². The summed E-state index contributed by atoms with van der Waals surface area (Å²) in [4.78, 5) is 2.42. The van der Waals surface area contributed by atoms with E-state index in [1.807, 2.05) is 0 Å². The normalized spacial score (nSPS) is 15.1. The molecule has 0 heterocycles. The van der Waals surface area contributed by atoms with Crippen LogP contribution in [-0.4, -0.2) is 0 Å². The number of hydrogen-bond donors (Lipinski definition) is 0. The Hall–Kier alpha value is -4.36. The summed E-state index contributed by atoms with van der Waals surface area (Å²) in [5.74, 6) is 0. The molecule has 6 aromatic rings. The van der Waals surface area contributed by atoms with Crippen molar-refractivity contribution in [2.24, 2.45) is 0 Å². The minimum atomic E-state index is -0.0505. The molecule has 39 heavy (non-hydrogen) atoms. The first-order valence-electron chi connectivity index (χ1n) is 13.9. The van der Waals surface area contributed by atoms with Gasteiger partial charge in [-0.25, -0.2) is 0 Å². The van der Waals surface area contributed by atoms with Crippen molar-refractivity contribution >= 4 is 38.6 Å². The van der Waals surface area contributed by atoms with Crippen LogP contribution in [0.5, 0.6) is 0 Å². The quantitative estimate of drug-likeness (QED) is 0.232. The first-order chi connectivity index (χ1) is 18.8. The maximum atomic E-state index is 2.44. The molecule has 0 atom stereocenters. The maximum Gasteiger partial charge on any atom is 0.0468 e. The Labute approximate surface area is 231 Å². The molecule has 1 nitrogen and oxygen atoms in total. The lowest BCUT2D eigenvalue weighted by atomic mass is 9.55. The summed E-state index contributed by atoms with van der Waals surface area (Å²) in [7, 11) is 0. The molecule has 0 saturated heterocycles. The number of nitrogens with zero attached hydrogens (tertiary/aromatic N) is 1. The predicted molar refractivity (Wildman–Crippen MR) is 168 cm³/mol. The summed E-state index contributed by atoms with van der Waals surface area (Å²) in [5.41, 5.74) is 8.97. The molecule has 0 aromatic heterocycles. The molecule has 0 N–H and O–H groups in total. The molecule has 190 valence electrons. The number of fused-ring (bicyclic) bond motifs is 5. The first kappa shape index (κ1) is 23.7. The van der Waals surface area contributed by atoms with Crippen LogP contribution in [0.1, 0.15) is 38.8 Å². The van der Waals surface area contributed by atoms with Gasteiger partial charge in [0, 0.05) is 17.1 Å². The Morgan fingerprint density at radius 3 is 1.44 bits per heavy atom. The molecule has 0 unspecified atom stereocenters. The van der Waals surface area contributed by atoms with Crippen molar-refractivity contribution in [1.29, 1.82) is 0 Å². The number of benzene rings is 6. The molecule has 0 amide bonds. The Bertz CT molecular complexity index is 1790. The van der Waals surface area contributed by atoms with E-state index in [1.165, 1.54) is 49.5 Å². The number of anilines is 3. The van der Waals surface area contributed by atoms with Gasteiger partial charge < -0.3 is 4.90 Å². The smallest absolute Gasteiger partial charge is 0.0468 e. The highest BCUT2D eigenvalue weighted by Crippen LogP contribution is 2.54. The van der Waals surface area contributed by atoms with Crippen molar-refractivity contribution in [1.82, 2.24) is 0 Å². The van der Waals surface area contributed by atoms with E-state index in [-0.39, 0.29) is 10.8 Å². The highest BCUT2D eigenvalue weighted by molar-refractivity contribution is 5.93. The van der Waals surface area contributed by atoms with E-state index in [4.69, 9.17) is 0 Å². The molecule has 7 rings (SSSR count). The molecule has 0 bridgehead atoms. The zero-order valence-electron chi connectivity index (χ0n) is 23.1. The summed E-state index contributed by atoms with van der Waals surface area (Å²) >= 11 is 0. The molecular weight excluding hydrogens is 470 g/mol. The second kappa shape index (κ2) is 8.58. The highest BCUT2D eigenvalue weighted by Gasteiger charge is 2.45.